The van der Waals surface area contributed by atoms with E-state index in [1.807, 2.05) is 0 Å². The van der Waals surface area contributed by atoms with E-state index in [2.05, 4.69) is 24.8 Å². The van der Waals surface area contributed by atoms with Crippen LogP contribution in [-0.2, 0) is 0 Å². The van der Waals surface area contributed by atoms with Crippen LogP contribution < -0.4 is 0 Å². The Kier molecular flexibility index (Phi) is 4.37. The fraction of sp³-hybridized carbons (Fsp3) is 0.909. The fourth-order valence-corrected chi connectivity index (χ4v) is 2.29. The van der Waals surface area contributed by atoms with Gasteiger partial charge in [-0.25, -0.2) is 0 Å². The van der Waals surface area contributed by atoms with Gasteiger partial charge in [0.15, 0.2) is 0 Å². The number of aliphatic hydroxyl groups is 1. The number of rotatable bonds is 4. The van der Waals surface area contributed by atoms with Crippen LogP contribution in [0.5, 0.6) is 0 Å². The summed E-state index contributed by atoms with van der Waals surface area (Å²) in [6.07, 6.45) is 3.48. The summed E-state index contributed by atoms with van der Waals surface area (Å²) in [5, 5.41) is 18.3. The Morgan fingerprint density at radius 3 is 2.64 bits per heavy atom. The molecule has 2 atom stereocenters. The molecule has 14 heavy (non-hydrogen) atoms. The molecular formula is C11H20N2O. The lowest BCUT2D eigenvalue weighted by molar-refractivity contribution is 0.0533. The van der Waals surface area contributed by atoms with E-state index in [4.69, 9.17) is 5.26 Å². The van der Waals surface area contributed by atoms with Gasteiger partial charge in [0.1, 0.15) is 0 Å². The van der Waals surface area contributed by atoms with Gasteiger partial charge in [-0.2, -0.15) is 5.26 Å². The minimum Gasteiger partial charge on any atom is -0.391 e. The fourth-order valence-electron chi connectivity index (χ4n) is 2.29. The van der Waals surface area contributed by atoms with Gasteiger partial charge < -0.3 is 5.11 Å². The van der Waals surface area contributed by atoms with Crippen molar-refractivity contribution in [3.8, 4) is 6.07 Å². The Bertz CT molecular complexity index is 210. The first-order valence-corrected chi connectivity index (χ1v) is 5.47. The predicted molar refractivity (Wildman–Crippen MR) is 55.7 cm³/mol. The van der Waals surface area contributed by atoms with Gasteiger partial charge in [-0.15, -0.1) is 0 Å². The van der Waals surface area contributed by atoms with E-state index >= 15 is 0 Å². The summed E-state index contributed by atoms with van der Waals surface area (Å²) in [5.74, 6) is 0. The van der Waals surface area contributed by atoms with Gasteiger partial charge in [-0.05, 0) is 33.1 Å². The second-order valence-corrected chi connectivity index (χ2v) is 4.31. The minimum absolute atomic E-state index is 0.184. The van der Waals surface area contributed by atoms with Crippen LogP contribution in [-0.4, -0.2) is 34.7 Å². The van der Waals surface area contributed by atoms with E-state index in [1.54, 1.807) is 0 Å². The molecule has 80 valence electrons. The smallest absolute Gasteiger partial charge is 0.0695 e. The highest BCUT2D eigenvalue weighted by molar-refractivity contribution is 4.88. The SMILES string of the molecule is CC(C)N(CCC#N)[C@@H]1CCC[C@H]1O. The molecule has 0 aromatic carbocycles. The maximum atomic E-state index is 9.78. The van der Waals surface area contributed by atoms with Gasteiger partial charge in [0.2, 0.25) is 0 Å². The van der Waals surface area contributed by atoms with Crippen LogP contribution >= 0.6 is 0 Å². The molecule has 1 fully saturated rings. The van der Waals surface area contributed by atoms with E-state index in [0.29, 0.717) is 12.5 Å². The van der Waals surface area contributed by atoms with Crippen molar-refractivity contribution in [1.29, 1.82) is 5.26 Å². The van der Waals surface area contributed by atoms with Crippen LogP contribution in [0.1, 0.15) is 39.5 Å². The molecule has 1 aliphatic carbocycles. The van der Waals surface area contributed by atoms with Crippen molar-refractivity contribution >= 4 is 0 Å². The van der Waals surface area contributed by atoms with E-state index in [9.17, 15) is 5.11 Å². The zero-order valence-electron chi connectivity index (χ0n) is 9.11. The molecule has 1 N–H and O–H groups in total. The van der Waals surface area contributed by atoms with Gasteiger partial charge in [0, 0.05) is 25.0 Å². The van der Waals surface area contributed by atoms with E-state index in [0.717, 1.165) is 25.8 Å². The quantitative estimate of drug-likeness (QED) is 0.741. The largest absolute Gasteiger partial charge is 0.391 e. The molecule has 0 amide bonds. The van der Waals surface area contributed by atoms with Crippen molar-refractivity contribution in [3.05, 3.63) is 0 Å². The van der Waals surface area contributed by atoms with Gasteiger partial charge in [0.05, 0.1) is 12.2 Å². The number of hydrogen-bond donors (Lipinski definition) is 1. The maximum Gasteiger partial charge on any atom is 0.0695 e. The van der Waals surface area contributed by atoms with E-state index in [-0.39, 0.29) is 12.1 Å². The average Bonchev–Trinajstić information content (AvgIpc) is 2.52. The second-order valence-electron chi connectivity index (χ2n) is 4.31. The highest BCUT2D eigenvalue weighted by atomic mass is 16.3. The molecule has 0 saturated heterocycles. The van der Waals surface area contributed by atoms with Crippen LogP contribution in [0, 0.1) is 11.3 Å². The lowest BCUT2D eigenvalue weighted by Crippen LogP contribution is -2.45. The van der Waals surface area contributed by atoms with Gasteiger partial charge in [0.25, 0.3) is 0 Å². The first kappa shape index (κ1) is 11.5. The standard InChI is InChI=1S/C11H20N2O/c1-9(2)13(8-4-7-12)10-5-3-6-11(10)14/h9-11,14H,3-6,8H2,1-2H3/t10-,11-/m1/s1. The molecule has 0 bridgehead atoms. The Balaban J connectivity index is 2.53. The Hall–Kier alpha value is -0.590. The molecule has 0 radical (unpaired) electrons. The summed E-state index contributed by atoms with van der Waals surface area (Å²) in [7, 11) is 0. The molecular weight excluding hydrogens is 176 g/mol. The summed E-state index contributed by atoms with van der Waals surface area (Å²) < 4.78 is 0. The summed E-state index contributed by atoms with van der Waals surface area (Å²) in [4.78, 5) is 2.26. The van der Waals surface area contributed by atoms with Crippen LogP contribution in [0.3, 0.4) is 0 Å². The van der Waals surface area contributed by atoms with Gasteiger partial charge >= 0.3 is 0 Å². The summed E-state index contributed by atoms with van der Waals surface area (Å²) in [6, 6.07) is 2.87. The molecule has 0 spiro atoms. The van der Waals surface area contributed by atoms with Crippen LogP contribution in [0.25, 0.3) is 0 Å². The Labute approximate surface area is 86.3 Å². The van der Waals surface area contributed by atoms with Crippen LogP contribution in [0.4, 0.5) is 0 Å². The maximum absolute atomic E-state index is 9.78. The topological polar surface area (TPSA) is 47.3 Å². The van der Waals surface area contributed by atoms with Crippen molar-refractivity contribution < 1.29 is 5.11 Å². The number of hydrogen-bond acceptors (Lipinski definition) is 3. The zero-order chi connectivity index (χ0) is 10.6. The molecule has 0 heterocycles. The molecule has 1 saturated carbocycles. The molecule has 3 heteroatoms. The lowest BCUT2D eigenvalue weighted by atomic mass is 10.1. The second kappa shape index (κ2) is 5.33. The van der Waals surface area contributed by atoms with Crippen molar-refractivity contribution in [2.45, 2.75) is 57.7 Å². The predicted octanol–water partition coefficient (Wildman–Crippen LogP) is 1.52. The average molecular weight is 196 g/mol. The molecule has 0 aromatic heterocycles. The minimum atomic E-state index is -0.184. The van der Waals surface area contributed by atoms with Crippen molar-refractivity contribution in [2.75, 3.05) is 6.54 Å². The third-order valence-electron chi connectivity index (χ3n) is 3.02. The van der Waals surface area contributed by atoms with Gasteiger partial charge in [-0.1, -0.05) is 0 Å². The molecule has 0 aromatic rings. The van der Waals surface area contributed by atoms with Crippen molar-refractivity contribution in [1.82, 2.24) is 4.90 Å². The van der Waals surface area contributed by atoms with Crippen molar-refractivity contribution in [3.63, 3.8) is 0 Å². The molecule has 0 unspecified atom stereocenters. The molecule has 0 aliphatic heterocycles. The summed E-state index contributed by atoms with van der Waals surface area (Å²) in [5.41, 5.74) is 0. The third-order valence-corrected chi connectivity index (χ3v) is 3.02. The number of nitrogens with zero attached hydrogens (tertiary/aromatic N) is 2. The monoisotopic (exact) mass is 196 g/mol. The van der Waals surface area contributed by atoms with E-state index in [1.165, 1.54) is 0 Å². The van der Waals surface area contributed by atoms with E-state index < -0.39 is 0 Å². The molecule has 1 rings (SSSR count). The van der Waals surface area contributed by atoms with Gasteiger partial charge in [-0.3, -0.25) is 4.90 Å². The summed E-state index contributed by atoms with van der Waals surface area (Å²) in [6.45, 7) is 5.04. The summed E-state index contributed by atoms with van der Waals surface area (Å²) >= 11 is 0. The highest BCUT2D eigenvalue weighted by Crippen LogP contribution is 2.25. The normalized spacial score (nSPS) is 27.1. The zero-order valence-corrected chi connectivity index (χ0v) is 9.11. The van der Waals surface area contributed by atoms with Crippen molar-refractivity contribution in [2.24, 2.45) is 0 Å². The highest BCUT2D eigenvalue weighted by Gasteiger charge is 2.31. The Morgan fingerprint density at radius 2 is 2.21 bits per heavy atom. The Morgan fingerprint density at radius 1 is 1.50 bits per heavy atom. The van der Waals surface area contributed by atoms with Crippen LogP contribution in [0.2, 0.25) is 0 Å². The molecule has 3 nitrogen and oxygen atoms in total. The first-order valence-electron chi connectivity index (χ1n) is 5.47. The number of nitriles is 1. The van der Waals surface area contributed by atoms with Crippen LogP contribution in [0.15, 0.2) is 0 Å². The number of aliphatic hydroxyl groups excluding tert-OH is 1. The lowest BCUT2D eigenvalue weighted by Gasteiger charge is -2.33. The first-order chi connectivity index (χ1) is 6.66. The molecule has 1 aliphatic rings. The third kappa shape index (κ3) is 2.70.